The molecule has 0 saturated carbocycles. The summed E-state index contributed by atoms with van der Waals surface area (Å²) in [6.45, 7) is 3.10. The maximum absolute atomic E-state index is 11.3. The number of sulfone groups is 1. The fraction of sp³-hybridized carbons (Fsp3) is 1.00. The van der Waals surface area contributed by atoms with E-state index in [2.05, 4.69) is 5.32 Å². The Bertz CT molecular complexity index is 275. The molecule has 0 saturated heterocycles. The first kappa shape index (κ1) is 15.1. The summed E-state index contributed by atoms with van der Waals surface area (Å²) in [4.78, 5) is 0. The lowest BCUT2D eigenvalue weighted by atomic mass is 10.5. The molecular formula is C9H21NO3S2. The van der Waals surface area contributed by atoms with Gasteiger partial charge in [0, 0.05) is 35.1 Å². The Labute approximate surface area is 95.2 Å². The summed E-state index contributed by atoms with van der Waals surface area (Å²) in [6.07, 6.45) is 3.18. The molecule has 1 atom stereocenters. The molecule has 0 aliphatic rings. The Kier molecular flexibility index (Phi) is 8.27. The van der Waals surface area contributed by atoms with Gasteiger partial charge in [0.15, 0.2) is 9.84 Å². The summed E-state index contributed by atoms with van der Waals surface area (Å²) in [5, 5.41) is 3.04. The van der Waals surface area contributed by atoms with Gasteiger partial charge in [0.25, 0.3) is 0 Å². The molecule has 0 fully saturated rings. The van der Waals surface area contributed by atoms with E-state index in [0.29, 0.717) is 18.7 Å². The second-order valence-corrected chi connectivity index (χ2v) is 7.39. The average Bonchev–Trinajstić information content (AvgIpc) is 2.10. The van der Waals surface area contributed by atoms with Gasteiger partial charge in [-0.05, 0) is 19.4 Å². The van der Waals surface area contributed by atoms with Crippen LogP contribution >= 0.6 is 0 Å². The molecule has 15 heavy (non-hydrogen) atoms. The van der Waals surface area contributed by atoms with Crippen molar-refractivity contribution in [2.45, 2.75) is 19.8 Å². The van der Waals surface area contributed by atoms with Crippen molar-refractivity contribution in [2.24, 2.45) is 0 Å². The van der Waals surface area contributed by atoms with E-state index in [1.54, 1.807) is 6.26 Å². The second kappa shape index (κ2) is 8.24. The van der Waals surface area contributed by atoms with Gasteiger partial charge in [-0.2, -0.15) is 0 Å². The number of hydrogen-bond acceptors (Lipinski definition) is 4. The minimum Gasteiger partial charge on any atom is -0.316 e. The van der Waals surface area contributed by atoms with Crippen molar-refractivity contribution in [1.82, 2.24) is 5.32 Å². The van der Waals surface area contributed by atoms with Gasteiger partial charge in [-0.25, -0.2) is 8.42 Å². The van der Waals surface area contributed by atoms with Crippen LogP contribution in [0.3, 0.4) is 0 Å². The molecule has 0 spiro atoms. The van der Waals surface area contributed by atoms with Crippen LogP contribution in [0.25, 0.3) is 0 Å². The van der Waals surface area contributed by atoms with E-state index in [1.807, 2.05) is 6.92 Å². The largest absolute Gasteiger partial charge is 0.316 e. The van der Waals surface area contributed by atoms with Crippen LogP contribution in [-0.4, -0.2) is 49.2 Å². The fourth-order valence-electron chi connectivity index (χ4n) is 1.17. The molecule has 0 amide bonds. The molecule has 0 aliphatic carbocycles. The van der Waals surface area contributed by atoms with Crippen LogP contribution in [0.1, 0.15) is 19.8 Å². The molecule has 92 valence electrons. The topological polar surface area (TPSA) is 63.2 Å². The molecule has 0 bridgehead atoms. The predicted molar refractivity (Wildman–Crippen MR) is 65.4 cm³/mol. The highest BCUT2D eigenvalue weighted by Crippen LogP contribution is 1.92. The minimum absolute atomic E-state index is 0.204. The van der Waals surface area contributed by atoms with Gasteiger partial charge in [-0.1, -0.05) is 6.92 Å². The van der Waals surface area contributed by atoms with Crippen LogP contribution in [0, 0.1) is 0 Å². The Morgan fingerprint density at radius 3 is 2.40 bits per heavy atom. The third-order valence-corrected chi connectivity index (χ3v) is 4.61. The van der Waals surface area contributed by atoms with E-state index in [-0.39, 0.29) is 11.5 Å². The van der Waals surface area contributed by atoms with Crippen molar-refractivity contribution in [1.29, 1.82) is 0 Å². The first-order valence-corrected chi connectivity index (χ1v) is 8.74. The van der Waals surface area contributed by atoms with Gasteiger partial charge in [0.2, 0.25) is 0 Å². The minimum atomic E-state index is -2.86. The Balaban J connectivity index is 3.42. The highest BCUT2D eigenvalue weighted by Gasteiger charge is 2.07. The zero-order valence-electron chi connectivity index (χ0n) is 9.49. The number of rotatable bonds is 9. The normalized spacial score (nSPS) is 14.0. The first-order valence-electron chi connectivity index (χ1n) is 5.19. The SMILES string of the molecule is CCCS(=O)(=O)CCNCCCS(C)=O. The quantitative estimate of drug-likeness (QED) is 0.597. The third kappa shape index (κ3) is 10.3. The van der Waals surface area contributed by atoms with Gasteiger partial charge in [0.1, 0.15) is 0 Å². The summed E-state index contributed by atoms with van der Waals surface area (Å²) < 4.78 is 33.3. The summed E-state index contributed by atoms with van der Waals surface area (Å²) >= 11 is 0. The maximum Gasteiger partial charge on any atom is 0.151 e. The molecule has 0 rings (SSSR count). The van der Waals surface area contributed by atoms with Crippen molar-refractivity contribution in [3.05, 3.63) is 0 Å². The van der Waals surface area contributed by atoms with Gasteiger partial charge in [-0.3, -0.25) is 4.21 Å². The van der Waals surface area contributed by atoms with E-state index < -0.39 is 20.6 Å². The molecule has 0 heterocycles. The van der Waals surface area contributed by atoms with Crippen molar-refractivity contribution in [3.8, 4) is 0 Å². The molecule has 6 heteroatoms. The maximum atomic E-state index is 11.3. The molecule has 0 aliphatic heterocycles. The highest BCUT2D eigenvalue weighted by molar-refractivity contribution is 7.91. The smallest absolute Gasteiger partial charge is 0.151 e. The molecule has 4 nitrogen and oxygen atoms in total. The van der Waals surface area contributed by atoms with Crippen molar-refractivity contribution in [3.63, 3.8) is 0 Å². The zero-order chi connectivity index (χ0) is 11.7. The number of hydrogen-bond donors (Lipinski definition) is 1. The highest BCUT2D eigenvalue weighted by atomic mass is 32.2. The van der Waals surface area contributed by atoms with E-state index in [0.717, 1.165) is 13.0 Å². The van der Waals surface area contributed by atoms with Crippen LogP contribution in [0.2, 0.25) is 0 Å². The molecule has 1 unspecified atom stereocenters. The molecule has 0 aromatic carbocycles. The lowest BCUT2D eigenvalue weighted by Crippen LogP contribution is -2.25. The van der Waals surface area contributed by atoms with E-state index >= 15 is 0 Å². The lowest BCUT2D eigenvalue weighted by Gasteiger charge is -2.04. The average molecular weight is 255 g/mol. The van der Waals surface area contributed by atoms with Crippen molar-refractivity contribution in [2.75, 3.05) is 36.6 Å². The van der Waals surface area contributed by atoms with Crippen LogP contribution in [0.5, 0.6) is 0 Å². The summed E-state index contributed by atoms with van der Waals surface area (Å²) in [6, 6.07) is 0. The van der Waals surface area contributed by atoms with Crippen LogP contribution in [0.4, 0.5) is 0 Å². The molecular weight excluding hydrogens is 234 g/mol. The second-order valence-electron chi connectivity index (χ2n) is 3.53. The van der Waals surface area contributed by atoms with Crippen molar-refractivity contribution < 1.29 is 12.6 Å². The summed E-state index contributed by atoms with van der Waals surface area (Å²) in [7, 11) is -3.61. The monoisotopic (exact) mass is 255 g/mol. The van der Waals surface area contributed by atoms with Crippen molar-refractivity contribution >= 4 is 20.6 Å². The van der Waals surface area contributed by atoms with Crippen LogP contribution in [-0.2, 0) is 20.6 Å². The van der Waals surface area contributed by atoms with Gasteiger partial charge in [-0.15, -0.1) is 0 Å². The molecule has 1 N–H and O–H groups in total. The van der Waals surface area contributed by atoms with E-state index in [4.69, 9.17) is 0 Å². The standard InChI is InChI=1S/C9H21NO3S2/c1-3-8-15(12,13)9-6-10-5-4-7-14(2)11/h10H,3-9H2,1-2H3. The lowest BCUT2D eigenvalue weighted by molar-refractivity contribution is 0.589. The van der Waals surface area contributed by atoms with Gasteiger partial charge < -0.3 is 5.32 Å². The Hall–Kier alpha value is 0.0600. The van der Waals surface area contributed by atoms with E-state index in [1.165, 1.54) is 0 Å². The third-order valence-electron chi connectivity index (χ3n) is 1.89. The molecule has 0 aromatic heterocycles. The van der Waals surface area contributed by atoms with E-state index in [9.17, 15) is 12.6 Å². The first-order chi connectivity index (χ1) is 6.98. The predicted octanol–water partition coefficient (Wildman–Crippen LogP) is 0.169. The molecule has 0 aromatic rings. The fourth-order valence-corrected chi connectivity index (χ4v) is 3.00. The van der Waals surface area contributed by atoms with Gasteiger partial charge in [0.05, 0.1) is 5.75 Å². The number of nitrogens with one attached hydrogen (secondary N) is 1. The Morgan fingerprint density at radius 2 is 1.87 bits per heavy atom. The molecule has 0 radical (unpaired) electrons. The zero-order valence-corrected chi connectivity index (χ0v) is 11.1. The summed E-state index contributed by atoms with van der Waals surface area (Å²) in [5.41, 5.74) is 0. The van der Waals surface area contributed by atoms with Gasteiger partial charge >= 0.3 is 0 Å². The van der Waals surface area contributed by atoms with Crippen LogP contribution in [0.15, 0.2) is 0 Å². The van der Waals surface area contributed by atoms with Crippen LogP contribution < -0.4 is 5.32 Å². The Morgan fingerprint density at radius 1 is 1.20 bits per heavy atom. The summed E-state index contributed by atoms with van der Waals surface area (Å²) in [5.74, 6) is 1.15.